The molecular formula is C19H20Cl2N2O4S. The molecule has 2 amide bonds. The van der Waals surface area contributed by atoms with Crippen LogP contribution in [0.1, 0.15) is 18.9 Å². The predicted molar refractivity (Wildman–Crippen MR) is 110 cm³/mol. The topological polar surface area (TPSA) is 66.9 Å². The van der Waals surface area contributed by atoms with Crippen molar-refractivity contribution in [3.05, 3.63) is 52.0 Å². The normalized spacial score (nSPS) is 14.6. The van der Waals surface area contributed by atoms with Crippen LogP contribution in [0, 0.1) is 6.92 Å². The number of nitrogens with zero attached hydrogens (tertiary/aromatic N) is 2. The Hall–Kier alpha value is -1.96. The lowest BCUT2D eigenvalue weighted by atomic mass is 10.2. The second-order valence-corrected chi connectivity index (χ2v) is 8.85. The summed E-state index contributed by atoms with van der Waals surface area (Å²) in [6.45, 7) is 5.70. The van der Waals surface area contributed by atoms with E-state index in [-0.39, 0.29) is 21.7 Å². The summed E-state index contributed by atoms with van der Waals surface area (Å²) in [5, 5.41) is 0.509. The van der Waals surface area contributed by atoms with Gasteiger partial charge in [0, 0.05) is 36.4 Å². The Morgan fingerprint density at radius 1 is 1.07 bits per heavy atom. The molecule has 0 bridgehead atoms. The average molecular weight is 443 g/mol. The zero-order valence-electron chi connectivity index (χ0n) is 15.5. The molecule has 3 rings (SSSR count). The van der Waals surface area contributed by atoms with Crippen molar-refractivity contribution >= 4 is 45.0 Å². The van der Waals surface area contributed by atoms with Crippen LogP contribution in [0.15, 0.2) is 41.3 Å². The van der Waals surface area contributed by atoms with Crippen molar-refractivity contribution in [3.8, 4) is 5.75 Å². The molecule has 9 heteroatoms. The van der Waals surface area contributed by atoms with Gasteiger partial charge in [-0.2, -0.15) is 8.42 Å². The number of anilines is 1. The number of rotatable bonds is 6. The Morgan fingerprint density at radius 2 is 1.75 bits per heavy atom. The molecule has 1 aliphatic rings. The first-order chi connectivity index (χ1) is 13.2. The van der Waals surface area contributed by atoms with Gasteiger partial charge in [-0.25, -0.2) is 4.79 Å². The number of halogens is 2. The molecule has 1 aliphatic heterocycles. The number of carbonyl (C=O) groups excluding carboxylic acids is 1. The number of hydrogen-bond acceptors (Lipinski definition) is 4. The first kappa shape index (κ1) is 20.8. The third kappa shape index (κ3) is 4.21. The summed E-state index contributed by atoms with van der Waals surface area (Å²) in [7, 11) is -4.10. The molecule has 2 aromatic carbocycles. The second kappa shape index (κ2) is 8.19. The Morgan fingerprint density at radius 3 is 2.39 bits per heavy atom. The lowest BCUT2D eigenvalue weighted by molar-refractivity contribution is 0.220. The van der Waals surface area contributed by atoms with Gasteiger partial charge < -0.3 is 9.08 Å². The number of hydrogen-bond donors (Lipinski definition) is 0. The Balaban J connectivity index is 1.79. The molecule has 1 saturated heterocycles. The van der Waals surface area contributed by atoms with Crippen LogP contribution in [0.4, 0.5) is 10.5 Å². The number of benzene rings is 2. The van der Waals surface area contributed by atoms with Crippen LogP contribution in [-0.2, 0) is 10.1 Å². The van der Waals surface area contributed by atoms with Crippen molar-refractivity contribution in [2.24, 2.45) is 0 Å². The number of amides is 2. The van der Waals surface area contributed by atoms with E-state index in [1.54, 1.807) is 34.9 Å². The zero-order valence-corrected chi connectivity index (χ0v) is 17.8. The minimum atomic E-state index is -4.10. The zero-order chi connectivity index (χ0) is 20.5. The van der Waals surface area contributed by atoms with E-state index in [0.717, 1.165) is 6.42 Å². The minimum Gasteiger partial charge on any atom is -0.377 e. The molecule has 0 radical (unpaired) electrons. The summed E-state index contributed by atoms with van der Waals surface area (Å²) >= 11 is 12.1. The third-order valence-electron chi connectivity index (χ3n) is 4.44. The third-order valence-corrected chi connectivity index (χ3v) is 6.39. The summed E-state index contributed by atoms with van der Waals surface area (Å²) in [4.78, 5) is 15.8. The summed E-state index contributed by atoms with van der Waals surface area (Å²) < 4.78 is 30.3. The fourth-order valence-electron chi connectivity index (χ4n) is 2.95. The molecule has 0 aliphatic carbocycles. The van der Waals surface area contributed by atoms with Gasteiger partial charge in [-0.3, -0.25) is 4.90 Å². The van der Waals surface area contributed by atoms with Crippen LogP contribution in [-0.4, -0.2) is 39.0 Å². The van der Waals surface area contributed by atoms with E-state index in [1.807, 2.05) is 6.92 Å². The number of aryl methyl sites for hydroxylation is 1. The van der Waals surface area contributed by atoms with E-state index in [0.29, 0.717) is 35.9 Å². The van der Waals surface area contributed by atoms with Gasteiger partial charge in [0.1, 0.15) is 4.90 Å². The average Bonchev–Trinajstić information content (AvgIpc) is 3.01. The number of urea groups is 1. The van der Waals surface area contributed by atoms with Gasteiger partial charge in [0.15, 0.2) is 5.75 Å². The molecule has 6 nitrogen and oxygen atoms in total. The highest BCUT2D eigenvalue weighted by atomic mass is 35.5. The van der Waals surface area contributed by atoms with Gasteiger partial charge in [0.25, 0.3) is 0 Å². The fraction of sp³-hybridized carbons (Fsp3) is 0.316. The molecule has 1 fully saturated rings. The van der Waals surface area contributed by atoms with Crippen molar-refractivity contribution < 1.29 is 17.4 Å². The monoisotopic (exact) mass is 442 g/mol. The summed E-state index contributed by atoms with van der Waals surface area (Å²) in [6, 6.07) is 8.83. The van der Waals surface area contributed by atoms with Crippen molar-refractivity contribution in [1.29, 1.82) is 0 Å². The van der Waals surface area contributed by atoms with Crippen molar-refractivity contribution in [3.63, 3.8) is 0 Å². The molecule has 28 heavy (non-hydrogen) atoms. The minimum absolute atomic E-state index is 0.0359. The SMILES string of the molecule is CCCN1CCN(c2ccc(S(=O)(=O)Oc3cc(Cl)c(C)cc3Cl)cc2)C1=O. The van der Waals surface area contributed by atoms with Gasteiger partial charge in [-0.15, -0.1) is 0 Å². The van der Waals surface area contributed by atoms with Crippen LogP contribution in [0.3, 0.4) is 0 Å². The maximum absolute atomic E-state index is 12.6. The Kier molecular flexibility index (Phi) is 6.07. The first-order valence-electron chi connectivity index (χ1n) is 8.79. The van der Waals surface area contributed by atoms with Gasteiger partial charge in [0.05, 0.1) is 5.02 Å². The molecular weight excluding hydrogens is 423 g/mol. The first-order valence-corrected chi connectivity index (χ1v) is 11.0. The lowest BCUT2D eigenvalue weighted by Crippen LogP contribution is -2.32. The molecule has 1 heterocycles. The molecule has 0 aromatic heterocycles. The van der Waals surface area contributed by atoms with Gasteiger partial charge in [-0.05, 0) is 49.2 Å². The van der Waals surface area contributed by atoms with Crippen molar-refractivity contribution in [2.75, 3.05) is 24.5 Å². The van der Waals surface area contributed by atoms with Gasteiger partial charge >= 0.3 is 16.1 Å². The summed E-state index contributed by atoms with van der Waals surface area (Å²) in [5.74, 6) is -0.0359. The van der Waals surface area contributed by atoms with E-state index in [4.69, 9.17) is 27.4 Å². The van der Waals surface area contributed by atoms with Crippen LogP contribution >= 0.6 is 23.2 Å². The highest BCUT2D eigenvalue weighted by Crippen LogP contribution is 2.33. The quantitative estimate of drug-likeness (QED) is 0.606. The molecule has 0 saturated carbocycles. The lowest BCUT2D eigenvalue weighted by Gasteiger charge is -2.18. The molecule has 0 N–H and O–H groups in total. The highest BCUT2D eigenvalue weighted by Gasteiger charge is 2.29. The maximum Gasteiger partial charge on any atom is 0.339 e. The molecule has 2 aromatic rings. The molecule has 0 spiro atoms. The second-order valence-electron chi connectivity index (χ2n) is 6.48. The molecule has 0 unspecified atom stereocenters. The van der Waals surface area contributed by atoms with Crippen LogP contribution < -0.4 is 9.08 Å². The van der Waals surface area contributed by atoms with E-state index in [1.165, 1.54) is 18.2 Å². The maximum atomic E-state index is 12.6. The Bertz CT molecular complexity index is 994. The Labute approximate surface area is 174 Å². The largest absolute Gasteiger partial charge is 0.377 e. The van der Waals surface area contributed by atoms with Crippen LogP contribution in [0.25, 0.3) is 0 Å². The summed E-state index contributed by atoms with van der Waals surface area (Å²) in [5.41, 5.74) is 1.35. The van der Waals surface area contributed by atoms with Gasteiger partial charge in [-0.1, -0.05) is 30.1 Å². The van der Waals surface area contributed by atoms with E-state index in [2.05, 4.69) is 0 Å². The summed E-state index contributed by atoms with van der Waals surface area (Å²) in [6.07, 6.45) is 0.889. The highest BCUT2D eigenvalue weighted by molar-refractivity contribution is 7.87. The van der Waals surface area contributed by atoms with Crippen LogP contribution in [0.2, 0.25) is 10.0 Å². The smallest absolute Gasteiger partial charge is 0.339 e. The predicted octanol–water partition coefficient (Wildman–Crippen LogP) is 4.72. The van der Waals surface area contributed by atoms with Crippen LogP contribution in [0.5, 0.6) is 5.75 Å². The van der Waals surface area contributed by atoms with E-state index < -0.39 is 10.1 Å². The van der Waals surface area contributed by atoms with Crippen molar-refractivity contribution in [1.82, 2.24) is 4.90 Å². The van der Waals surface area contributed by atoms with E-state index >= 15 is 0 Å². The molecule has 150 valence electrons. The van der Waals surface area contributed by atoms with Crippen molar-refractivity contribution in [2.45, 2.75) is 25.2 Å². The van der Waals surface area contributed by atoms with Gasteiger partial charge in [0.2, 0.25) is 0 Å². The standard InChI is InChI=1S/C19H20Cl2N2O4S/c1-3-8-22-9-10-23(19(22)24)14-4-6-15(7-5-14)28(25,26)27-18-12-16(20)13(2)11-17(18)21/h4-7,11-12H,3,8-10H2,1-2H3. The number of carbonyl (C=O) groups is 1. The fourth-order valence-corrected chi connectivity index (χ4v) is 4.35. The molecule has 0 atom stereocenters. The van der Waals surface area contributed by atoms with E-state index in [9.17, 15) is 13.2 Å².